The molecule has 17 heavy (non-hydrogen) atoms. The van der Waals surface area contributed by atoms with Crippen molar-refractivity contribution in [1.82, 2.24) is 0 Å². The Labute approximate surface area is 103 Å². The third-order valence-electron chi connectivity index (χ3n) is 2.10. The maximum Gasteiger partial charge on any atom is 0.306 e. The number of thioether (sulfide) groups is 1. The van der Waals surface area contributed by atoms with E-state index in [0.29, 0.717) is 10.6 Å². The molecule has 0 saturated heterocycles. The van der Waals surface area contributed by atoms with E-state index < -0.39 is 4.92 Å². The maximum absolute atomic E-state index is 10.9. The first-order chi connectivity index (χ1) is 8.04. The zero-order valence-electron chi connectivity index (χ0n) is 9.63. The number of rotatable bonds is 5. The minimum absolute atomic E-state index is 0.0745. The lowest BCUT2D eigenvalue weighted by atomic mass is 10.2. The topological polar surface area (TPSA) is 69.4 Å². The van der Waals surface area contributed by atoms with Crippen LogP contribution in [0.5, 0.6) is 0 Å². The van der Waals surface area contributed by atoms with Crippen molar-refractivity contribution in [1.29, 1.82) is 0 Å². The lowest BCUT2D eigenvalue weighted by molar-refractivity contribution is -0.387. The van der Waals surface area contributed by atoms with Crippen LogP contribution in [0.2, 0.25) is 0 Å². The van der Waals surface area contributed by atoms with Crippen molar-refractivity contribution in [3.63, 3.8) is 0 Å². The first kappa shape index (κ1) is 13.5. The molecule has 1 aromatic rings. The molecule has 0 aromatic heterocycles. The van der Waals surface area contributed by atoms with Crippen LogP contribution >= 0.6 is 11.8 Å². The van der Waals surface area contributed by atoms with Crippen LogP contribution < -0.4 is 0 Å². The van der Waals surface area contributed by atoms with Crippen LogP contribution in [0.15, 0.2) is 23.1 Å². The van der Waals surface area contributed by atoms with Crippen LogP contribution in [-0.2, 0) is 9.53 Å². The summed E-state index contributed by atoms with van der Waals surface area (Å²) < 4.78 is 4.50. The van der Waals surface area contributed by atoms with Crippen LogP contribution in [0.25, 0.3) is 0 Å². The highest BCUT2D eigenvalue weighted by molar-refractivity contribution is 7.99. The van der Waals surface area contributed by atoms with Gasteiger partial charge in [-0.25, -0.2) is 0 Å². The summed E-state index contributed by atoms with van der Waals surface area (Å²) in [5, 5.41) is 10.8. The third-order valence-corrected chi connectivity index (χ3v) is 3.15. The molecule has 1 aromatic carbocycles. The number of aryl methyl sites for hydroxylation is 1. The number of hydrogen-bond donors (Lipinski definition) is 0. The second kappa shape index (κ2) is 6.24. The van der Waals surface area contributed by atoms with E-state index in [4.69, 9.17) is 0 Å². The van der Waals surface area contributed by atoms with Gasteiger partial charge in [0.25, 0.3) is 5.69 Å². The number of benzene rings is 1. The standard InChI is InChI=1S/C11H13NO4S/c1-8-3-4-9(12(14)15)10(7-8)17-6-5-11(13)16-2/h3-4,7H,5-6H2,1-2H3. The van der Waals surface area contributed by atoms with Gasteiger partial charge in [-0.1, -0.05) is 6.07 Å². The summed E-state index contributed by atoms with van der Waals surface area (Å²) in [4.78, 5) is 21.9. The Morgan fingerprint density at radius 2 is 2.24 bits per heavy atom. The van der Waals surface area contributed by atoms with E-state index in [1.54, 1.807) is 12.1 Å². The molecule has 0 spiro atoms. The number of methoxy groups -OCH3 is 1. The number of esters is 1. The van der Waals surface area contributed by atoms with Gasteiger partial charge in [-0.2, -0.15) is 0 Å². The summed E-state index contributed by atoms with van der Waals surface area (Å²) in [6.45, 7) is 1.87. The Balaban J connectivity index is 2.72. The molecule has 6 heteroatoms. The monoisotopic (exact) mass is 255 g/mol. The molecule has 0 N–H and O–H groups in total. The van der Waals surface area contributed by atoms with Gasteiger partial charge in [-0.05, 0) is 18.6 Å². The molecule has 0 unspecified atom stereocenters. The van der Waals surface area contributed by atoms with Gasteiger partial charge in [0.15, 0.2) is 0 Å². The Morgan fingerprint density at radius 3 is 2.82 bits per heavy atom. The molecule has 92 valence electrons. The lowest BCUT2D eigenvalue weighted by Gasteiger charge is -2.03. The van der Waals surface area contributed by atoms with E-state index in [9.17, 15) is 14.9 Å². The zero-order valence-corrected chi connectivity index (χ0v) is 10.5. The maximum atomic E-state index is 10.9. The van der Waals surface area contributed by atoms with Crippen LogP contribution in [0, 0.1) is 17.0 Å². The van der Waals surface area contributed by atoms with Gasteiger partial charge in [-0.15, -0.1) is 11.8 Å². The predicted molar refractivity (Wildman–Crippen MR) is 65.2 cm³/mol. The Kier molecular flexibility index (Phi) is 4.96. The molecule has 1 rings (SSSR count). The molecule has 5 nitrogen and oxygen atoms in total. The fraction of sp³-hybridized carbons (Fsp3) is 0.364. The normalized spacial score (nSPS) is 10.0. The van der Waals surface area contributed by atoms with Crippen molar-refractivity contribution in [3.8, 4) is 0 Å². The number of nitro groups is 1. The second-order valence-corrected chi connectivity index (χ2v) is 4.54. The van der Waals surface area contributed by atoms with Gasteiger partial charge in [0.1, 0.15) is 0 Å². The number of nitrogens with zero attached hydrogens (tertiary/aromatic N) is 1. The van der Waals surface area contributed by atoms with Crippen molar-refractivity contribution in [2.24, 2.45) is 0 Å². The highest BCUT2D eigenvalue weighted by Crippen LogP contribution is 2.30. The van der Waals surface area contributed by atoms with Gasteiger partial charge in [-0.3, -0.25) is 14.9 Å². The molecule has 0 aliphatic heterocycles. The number of carbonyl (C=O) groups excluding carboxylic acids is 1. The van der Waals surface area contributed by atoms with Crippen molar-refractivity contribution >= 4 is 23.4 Å². The minimum Gasteiger partial charge on any atom is -0.469 e. The third kappa shape index (κ3) is 4.07. The molecular formula is C11H13NO4S. The molecule has 0 atom stereocenters. The summed E-state index contributed by atoms with van der Waals surface area (Å²) in [6.07, 6.45) is 0.242. The summed E-state index contributed by atoms with van der Waals surface area (Å²) in [5.41, 5.74) is 1.03. The Bertz CT molecular complexity index is 433. The molecule has 0 radical (unpaired) electrons. The summed E-state index contributed by atoms with van der Waals surface area (Å²) in [5.74, 6) is 0.157. The van der Waals surface area contributed by atoms with E-state index in [1.807, 2.05) is 6.92 Å². The van der Waals surface area contributed by atoms with Gasteiger partial charge >= 0.3 is 5.97 Å². The second-order valence-electron chi connectivity index (χ2n) is 3.40. The molecule has 0 aliphatic carbocycles. The smallest absolute Gasteiger partial charge is 0.306 e. The van der Waals surface area contributed by atoms with Gasteiger partial charge in [0.2, 0.25) is 0 Å². The molecule has 0 saturated carbocycles. The lowest BCUT2D eigenvalue weighted by Crippen LogP contribution is -2.01. The Hall–Kier alpha value is -1.56. The van der Waals surface area contributed by atoms with Crippen molar-refractivity contribution in [2.45, 2.75) is 18.2 Å². The number of nitro benzene ring substituents is 1. The molecule has 0 bridgehead atoms. The summed E-state index contributed by atoms with van der Waals surface area (Å²) >= 11 is 1.29. The largest absolute Gasteiger partial charge is 0.469 e. The fourth-order valence-electron chi connectivity index (χ4n) is 1.23. The van der Waals surface area contributed by atoms with Crippen molar-refractivity contribution in [3.05, 3.63) is 33.9 Å². The zero-order chi connectivity index (χ0) is 12.8. The minimum atomic E-state index is -0.417. The predicted octanol–water partition coefficient (Wildman–Crippen LogP) is 2.56. The highest BCUT2D eigenvalue weighted by atomic mass is 32.2. The first-order valence-corrected chi connectivity index (χ1v) is 5.98. The molecule has 0 aliphatic rings. The number of hydrogen-bond acceptors (Lipinski definition) is 5. The highest BCUT2D eigenvalue weighted by Gasteiger charge is 2.14. The van der Waals surface area contributed by atoms with Crippen LogP contribution in [0.1, 0.15) is 12.0 Å². The Morgan fingerprint density at radius 1 is 1.53 bits per heavy atom. The average molecular weight is 255 g/mol. The quantitative estimate of drug-likeness (QED) is 0.350. The number of carbonyl (C=O) groups is 1. The first-order valence-electron chi connectivity index (χ1n) is 4.99. The van der Waals surface area contributed by atoms with E-state index in [0.717, 1.165) is 5.56 Å². The van der Waals surface area contributed by atoms with Gasteiger partial charge < -0.3 is 4.74 Å². The molecule has 0 amide bonds. The van der Waals surface area contributed by atoms with E-state index in [2.05, 4.69) is 4.74 Å². The van der Waals surface area contributed by atoms with E-state index in [-0.39, 0.29) is 18.1 Å². The summed E-state index contributed by atoms with van der Waals surface area (Å²) in [7, 11) is 1.32. The molecular weight excluding hydrogens is 242 g/mol. The molecule has 0 heterocycles. The van der Waals surface area contributed by atoms with Crippen molar-refractivity contribution in [2.75, 3.05) is 12.9 Å². The molecule has 0 fully saturated rings. The van der Waals surface area contributed by atoms with E-state index in [1.165, 1.54) is 24.9 Å². The van der Waals surface area contributed by atoms with Crippen LogP contribution in [0.4, 0.5) is 5.69 Å². The van der Waals surface area contributed by atoms with Crippen LogP contribution in [-0.4, -0.2) is 23.8 Å². The van der Waals surface area contributed by atoms with E-state index >= 15 is 0 Å². The average Bonchev–Trinajstić information content (AvgIpc) is 2.28. The SMILES string of the molecule is COC(=O)CCSc1cc(C)ccc1[N+](=O)[O-]. The van der Waals surface area contributed by atoms with Gasteiger partial charge in [0, 0.05) is 11.8 Å². The number of ether oxygens (including phenoxy) is 1. The van der Waals surface area contributed by atoms with Crippen LogP contribution in [0.3, 0.4) is 0 Å². The summed E-state index contributed by atoms with van der Waals surface area (Å²) in [6, 6.07) is 4.93. The van der Waals surface area contributed by atoms with Crippen molar-refractivity contribution < 1.29 is 14.5 Å². The fourth-order valence-corrected chi connectivity index (χ4v) is 2.28. The van der Waals surface area contributed by atoms with Gasteiger partial charge in [0.05, 0.1) is 23.3 Å².